The molecular weight excluding hydrogens is 536 g/mol. The molecule has 0 saturated heterocycles. The van der Waals surface area contributed by atoms with E-state index >= 15 is 0 Å². The first-order valence-electron chi connectivity index (χ1n) is 10.8. The number of hydrogen-bond acceptors (Lipinski definition) is 4. The van der Waals surface area contributed by atoms with Crippen LogP contribution in [0.4, 0.5) is 0 Å². The van der Waals surface area contributed by atoms with Gasteiger partial charge in [0.2, 0.25) is 0 Å². The fourth-order valence-electron chi connectivity index (χ4n) is 4.28. The molecule has 0 aliphatic carbocycles. The van der Waals surface area contributed by atoms with Gasteiger partial charge in [-0.3, -0.25) is 9.59 Å². The minimum atomic E-state index is -2.27. The van der Waals surface area contributed by atoms with Gasteiger partial charge in [0.05, 0.1) is 4.88 Å². The minimum Gasteiger partial charge on any atom is -0.388 e. The molecule has 4 rings (SSSR count). The zero-order valence-electron chi connectivity index (χ0n) is 19.1. The zero-order chi connectivity index (χ0) is 23.3. The molecule has 0 aliphatic heterocycles. The standard InChI is InChI=1S/C28H26O3PS.Y/c1-21-20-33-28(27(31)18-29)26(21)17-22(30)19-32(23-11-5-2-6-12-23,24-13-7-3-8-14-24)25-15-9-4-10-16-25;/h2-16,20,29H,17-19H2,1H3;/q+1;. The number of aliphatic hydroxyl groups excluding tert-OH is 1. The Balaban J connectivity index is 0.00000324. The van der Waals surface area contributed by atoms with E-state index in [1.165, 1.54) is 11.3 Å². The van der Waals surface area contributed by atoms with Crippen LogP contribution < -0.4 is 15.9 Å². The molecule has 1 N–H and O–H groups in total. The van der Waals surface area contributed by atoms with Gasteiger partial charge >= 0.3 is 0 Å². The van der Waals surface area contributed by atoms with Crippen LogP contribution in [0.15, 0.2) is 96.4 Å². The number of aliphatic hydroxyl groups is 1. The van der Waals surface area contributed by atoms with Gasteiger partial charge in [0.25, 0.3) is 0 Å². The number of rotatable bonds is 9. The maximum Gasteiger partial charge on any atom is 0.198 e. The molecule has 1 heterocycles. The molecule has 0 aliphatic rings. The molecule has 3 aromatic carbocycles. The fourth-order valence-corrected chi connectivity index (χ4v) is 9.41. The van der Waals surface area contributed by atoms with Crippen molar-refractivity contribution in [3.8, 4) is 0 Å². The maximum atomic E-state index is 13.7. The first-order chi connectivity index (χ1) is 16.1. The summed E-state index contributed by atoms with van der Waals surface area (Å²) in [6.07, 6.45) is 0.553. The van der Waals surface area contributed by atoms with Gasteiger partial charge in [-0.2, -0.15) is 0 Å². The third-order valence-corrected chi connectivity index (χ3v) is 11.4. The van der Waals surface area contributed by atoms with Crippen LogP contribution in [0.25, 0.3) is 0 Å². The number of hydrogen-bond donors (Lipinski definition) is 1. The van der Waals surface area contributed by atoms with Crippen molar-refractivity contribution >= 4 is 46.1 Å². The largest absolute Gasteiger partial charge is 0.388 e. The van der Waals surface area contributed by atoms with Crippen molar-refractivity contribution in [2.24, 2.45) is 0 Å². The fraction of sp³-hybridized carbons (Fsp3) is 0.143. The van der Waals surface area contributed by atoms with E-state index in [4.69, 9.17) is 0 Å². The molecule has 0 fully saturated rings. The van der Waals surface area contributed by atoms with E-state index in [0.29, 0.717) is 11.0 Å². The van der Waals surface area contributed by atoms with E-state index in [2.05, 4.69) is 36.4 Å². The summed E-state index contributed by atoms with van der Waals surface area (Å²) in [4.78, 5) is 26.4. The summed E-state index contributed by atoms with van der Waals surface area (Å²) < 4.78 is 0. The van der Waals surface area contributed by atoms with Crippen molar-refractivity contribution in [3.63, 3.8) is 0 Å². The van der Waals surface area contributed by atoms with Crippen LogP contribution in [0.1, 0.15) is 20.8 Å². The number of thiophene rings is 1. The monoisotopic (exact) mass is 562 g/mol. The maximum absolute atomic E-state index is 13.7. The van der Waals surface area contributed by atoms with Crippen LogP contribution >= 0.6 is 18.6 Å². The van der Waals surface area contributed by atoms with E-state index in [1.807, 2.05) is 66.9 Å². The third-order valence-electron chi connectivity index (χ3n) is 5.88. The first-order valence-corrected chi connectivity index (χ1v) is 13.7. The van der Waals surface area contributed by atoms with E-state index < -0.39 is 13.9 Å². The van der Waals surface area contributed by atoms with Crippen LogP contribution in [0, 0.1) is 6.92 Å². The van der Waals surface area contributed by atoms with E-state index in [9.17, 15) is 14.7 Å². The van der Waals surface area contributed by atoms with Gasteiger partial charge in [-0.1, -0.05) is 54.6 Å². The SMILES string of the molecule is Cc1csc(C(=O)CO)c1CC(=O)C[P+](c1ccccc1)(c1ccccc1)c1ccccc1.[Y]. The molecule has 169 valence electrons. The Morgan fingerprint density at radius 3 is 1.65 bits per heavy atom. The van der Waals surface area contributed by atoms with Gasteiger partial charge in [0.1, 0.15) is 35.9 Å². The Labute approximate surface area is 230 Å². The van der Waals surface area contributed by atoms with Crippen LogP contribution in [-0.4, -0.2) is 29.4 Å². The van der Waals surface area contributed by atoms with Gasteiger partial charge in [-0.25, -0.2) is 0 Å². The summed E-state index contributed by atoms with van der Waals surface area (Å²) in [5.41, 5.74) is 1.67. The van der Waals surface area contributed by atoms with Crippen LogP contribution in [-0.2, 0) is 43.9 Å². The van der Waals surface area contributed by atoms with Crippen molar-refractivity contribution in [2.45, 2.75) is 13.3 Å². The van der Waals surface area contributed by atoms with E-state index in [1.54, 1.807) is 0 Å². The molecule has 3 nitrogen and oxygen atoms in total. The number of carbonyl (C=O) groups is 2. The molecule has 0 atom stereocenters. The second kappa shape index (κ2) is 12.2. The molecular formula is C28H26O3PSY+. The van der Waals surface area contributed by atoms with Gasteiger partial charge < -0.3 is 5.11 Å². The van der Waals surface area contributed by atoms with Crippen LogP contribution in [0.3, 0.4) is 0 Å². The number of ketones is 2. The number of benzene rings is 3. The summed E-state index contributed by atoms with van der Waals surface area (Å²) in [6.45, 7) is 1.37. The Bertz CT molecular complexity index is 1140. The second-order valence-corrected chi connectivity index (χ2v) is 12.4. The third kappa shape index (κ3) is 5.53. The van der Waals surface area contributed by atoms with E-state index in [0.717, 1.165) is 27.0 Å². The normalized spacial score (nSPS) is 11.0. The Morgan fingerprint density at radius 2 is 1.24 bits per heavy atom. The number of Topliss-reactive ketones (excluding diaryl/α,β-unsaturated/α-hetero) is 2. The molecule has 34 heavy (non-hydrogen) atoms. The van der Waals surface area contributed by atoms with Gasteiger partial charge in [-0.15, -0.1) is 11.3 Å². The number of carbonyl (C=O) groups excluding carboxylic acids is 2. The average Bonchev–Trinajstić information content (AvgIpc) is 3.23. The molecule has 0 amide bonds. The second-order valence-electron chi connectivity index (χ2n) is 8.00. The average molecular weight is 562 g/mol. The zero-order valence-corrected chi connectivity index (χ0v) is 23.6. The number of aryl methyl sites for hydroxylation is 1. The van der Waals surface area contributed by atoms with Crippen LogP contribution in [0.2, 0.25) is 0 Å². The molecule has 0 spiro atoms. The van der Waals surface area contributed by atoms with Crippen molar-refractivity contribution in [2.75, 3.05) is 12.8 Å². The van der Waals surface area contributed by atoms with Crippen molar-refractivity contribution < 1.29 is 47.4 Å². The molecule has 0 saturated carbocycles. The summed E-state index contributed by atoms with van der Waals surface area (Å²) in [7, 11) is -2.27. The predicted octanol–water partition coefficient (Wildman–Crippen LogP) is 4.33. The van der Waals surface area contributed by atoms with Gasteiger partial charge in [0, 0.05) is 39.1 Å². The Morgan fingerprint density at radius 1 is 0.794 bits per heavy atom. The summed E-state index contributed by atoms with van der Waals surface area (Å²) in [5, 5.41) is 14.7. The Kier molecular flexibility index (Phi) is 9.65. The Hall–Kier alpha value is -1.81. The summed E-state index contributed by atoms with van der Waals surface area (Å²) in [6, 6.07) is 30.9. The minimum absolute atomic E-state index is 0. The summed E-state index contributed by atoms with van der Waals surface area (Å²) >= 11 is 1.31. The smallest absolute Gasteiger partial charge is 0.198 e. The first kappa shape index (κ1) is 26.8. The quantitative estimate of drug-likeness (QED) is 0.244. The molecule has 1 aromatic heterocycles. The van der Waals surface area contributed by atoms with Crippen molar-refractivity contribution in [1.82, 2.24) is 0 Å². The summed E-state index contributed by atoms with van der Waals surface area (Å²) in [5.74, 6) is -0.237. The topological polar surface area (TPSA) is 54.4 Å². The molecule has 4 aromatic rings. The van der Waals surface area contributed by atoms with Crippen LogP contribution in [0.5, 0.6) is 0 Å². The van der Waals surface area contributed by atoms with Crippen molar-refractivity contribution in [1.29, 1.82) is 0 Å². The van der Waals surface area contributed by atoms with Crippen molar-refractivity contribution in [3.05, 3.63) is 112 Å². The molecule has 6 heteroatoms. The van der Waals surface area contributed by atoms with E-state index in [-0.39, 0.29) is 50.7 Å². The van der Waals surface area contributed by atoms with Gasteiger partial charge in [0.15, 0.2) is 11.6 Å². The van der Waals surface area contributed by atoms with Gasteiger partial charge in [-0.05, 0) is 59.8 Å². The predicted molar refractivity (Wildman–Crippen MR) is 139 cm³/mol. The molecule has 0 unspecified atom stereocenters. The molecule has 0 bridgehead atoms. The molecule has 1 radical (unpaired) electrons.